The Kier molecular flexibility index (Phi) is 4.90. The molecule has 5 nitrogen and oxygen atoms in total. The molecule has 7 heteroatoms. The summed E-state index contributed by atoms with van der Waals surface area (Å²) in [5.74, 6) is 0.516. The van der Waals surface area contributed by atoms with Crippen molar-refractivity contribution in [3.63, 3.8) is 0 Å². The number of hydrogen-bond acceptors (Lipinski definition) is 5. The fraction of sp³-hybridized carbons (Fsp3) is 0.611. The largest absolute Gasteiger partial charge is 0.439 e. The van der Waals surface area contributed by atoms with Crippen LogP contribution in [0.2, 0.25) is 5.02 Å². The molecule has 0 atom stereocenters. The highest BCUT2D eigenvalue weighted by molar-refractivity contribution is 7.92. The predicted octanol–water partition coefficient (Wildman–Crippen LogP) is 4.04. The number of oxazole rings is 1. The molecule has 0 saturated carbocycles. The van der Waals surface area contributed by atoms with E-state index in [1.165, 1.54) is 0 Å². The zero-order valence-corrected chi connectivity index (χ0v) is 16.7. The Balaban J connectivity index is 2.08. The maximum Gasteiger partial charge on any atom is 0.200 e. The molecule has 1 fully saturated rings. The molecule has 0 amide bonds. The highest BCUT2D eigenvalue weighted by Crippen LogP contribution is 2.37. The molecule has 0 unspecified atom stereocenters. The summed E-state index contributed by atoms with van der Waals surface area (Å²) in [6.45, 7) is 10.6. The molecule has 0 aliphatic carbocycles. The third-order valence-electron chi connectivity index (χ3n) is 4.81. The van der Waals surface area contributed by atoms with Gasteiger partial charge in [0.1, 0.15) is 10.4 Å². The highest BCUT2D eigenvalue weighted by atomic mass is 35.5. The lowest BCUT2D eigenvalue weighted by atomic mass is 9.97. The number of benzene rings is 1. The van der Waals surface area contributed by atoms with E-state index >= 15 is 0 Å². The van der Waals surface area contributed by atoms with Gasteiger partial charge in [0.25, 0.3) is 0 Å². The minimum absolute atomic E-state index is 0.101. The van der Waals surface area contributed by atoms with Gasteiger partial charge >= 0.3 is 0 Å². The van der Waals surface area contributed by atoms with Gasteiger partial charge in [0, 0.05) is 5.41 Å². The maximum atomic E-state index is 13.3. The molecule has 1 aromatic heterocycles. The van der Waals surface area contributed by atoms with Gasteiger partial charge in [0.05, 0.1) is 10.3 Å². The molecule has 2 heterocycles. The van der Waals surface area contributed by atoms with Crippen LogP contribution in [0.5, 0.6) is 0 Å². The number of fused-ring (bicyclic) bond motifs is 1. The van der Waals surface area contributed by atoms with Gasteiger partial charge in [-0.15, -0.1) is 0 Å². The summed E-state index contributed by atoms with van der Waals surface area (Å²) in [5.41, 5.74) is 0.521. The fourth-order valence-electron chi connectivity index (χ4n) is 3.23. The van der Waals surface area contributed by atoms with E-state index in [1.807, 2.05) is 20.8 Å². The Labute approximate surface area is 154 Å². The first kappa shape index (κ1) is 18.7. The monoisotopic (exact) mass is 384 g/mol. The van der Waals surface area contributed by atoms with Crippen LogP contribution >= 0.6 is 11.6 Å². The zero-order valence-electron chi connectivity index (χ0n) is 15.2. The van der Waals surface area contributed by atoms with Crippen molar-refractivity contribution in [1.29, 1.82) is 0 Å². The van der Waals surface area contributed by atoms with E-state index < -0.39 is 15.1 Å². The lowest BCUT2D eigenvalue weighted by Gasteiger charge is -2.30. The Morgan fingerprint density at radius 2 is 1.92 bits per heavy atom. The van der Waals surface area contributed by atoms with E-state index in [-0.39, 0.29) is 20.9 Å². The van der Waals surface area contributed by atoms with Gasteiger partial charge < -0.3 is 9.32 Å². The van der Waals surface area contributed by atoms with E-state index in [4.69, 9.17) is 16.0 Å². The number of piperidine rings is 1. The smallest absolute Gasteiger partial charge is 0.200 e. The minimum Gasteiger partial charge on any atom is -0.439 e. The number of nitrogens with zero attached hydrogens (tertiary/aromatic N) is 2. The van der Waals surface area contributed by atoms with Crippen LogP contribution in [0.4, 0.5) is 0 Å². The Morgan fingerprint density at radius 1 is 1.28 bits per heavy atom. The first-order valence-corrected chi connectivity index (χ1v) is 10.6. The molecule has 0 N–H and O–H groups in total. The Hall–Kier alpha value is -1.11. The number of hydrogen-bond donors (Lipinski definition) is 0. The summed E-state index contributed by atoms with van der Waals surface area (Å²) in [4.78, 5) is 6.84. The van der Waals surface area contributed by atoms with Gasteiger partial charge in [0.15, 0.2) is 15.4 Å². The molecule has 0 radical (unpaired) electrons. The quantitative estimate of drug-likeness (QED) is 0.799. The van der Waals surface area contributed by atoms with Crippen LogP contribution in [0.1, 0.15) is 46.4 Å². The Morgan fingerprint density at radius 3 is 2.48 bits per heavy atom. The van der Waals surface area contributed by atoms with Crippen LogP contribution in [-0.4, -0.2) is 43.2 Å². The number of rotatable bonds is 3. The van der Waals surface area contributed by atoms with Gasteiger partial charge in [-0.3, -0.25) is 0 Å². The predicted molar refractivity (Wildman–Crippen MR) is 100 cm³/mol. The third-order valence-corrected chi connectivity index (χ3v) is 7.56. The van der Waals surface area contributed by atoms with Gasteiger partial charge in [-0.25, -0.2) is 13.4 Å². The Bertz CT molecular complexity index is 876. The fourth-order valence-corrected chi connectivity index (χ4v) is 5.61. The topological polar surface area (TPSA) is 63.4 Å². The van der Waals surface area contributed by atoms with Crippen LogP contribution in [-0.2, 0) is 15.3 Å². The number of aromatic nitrogens is 1. The van der Waals surface area contributed by atoms with Crippen LogP contribution in [0.25, 0.3) is 11.1 Å². The average molecular weight is 385 g/mol. The van der Waals surface area contributed by atoms with Crippen molar-refractivity contribution in [1.82, 2.24) is 9.88 Å². The van der Waals surface area contributed by atoms with Crippen molar-refractivity contribution in [3.8, 4) is 0 Å². The van der Waals surface area contributed by atoms with Crippen LogP contribution in [0.15, 0.2) is 21.4 Å². The molecule has 1 aliphatic rings. The number of likely N-dealkylation sites (tertiary alicyclic amines) is 1. The molecule has 1 saturated heterocycles. The molecule has 138 valence electrons. The average Bonchev–Trinajstić information content (AvgIpc) is 2.98. The van der Waals surface area contributed by atoms with Crippen LogP contribution in [0.3, 0.4) is 0 Å². The summed E-state index contributed by atoms with van der Waals surface area (Å²) >= 11 is 6.31. The molecule has 25 heavy (non-hydrogen) atoms. The summed E-state index contributed by atoms with van der Waals surface area (Å²) in [6, 6.07) is 3.32. The summed E-state index contributed by atoms with van der Waals surface area (Å²) in [5, 5.41) is -0.219. The van der Waals surface area contributed by atoms with Crippen LogP contribution < -0.4 is 0 Å². The molecule has 1 aliphatic heterocycles. The van der Waals surface area contributed by atoms with Crippen molar-refractivity contribution in [2.75, 3.05) is 19.6 Å². The second-order valence-corrected chi connectivity index (χ2v) is 10.2. The molecule has 0 bridgehead atoms. The SMILES string of the molecule is CCN1CCC(S(=O)(=O)c2c(Cl)ccc3nc(C(C)(C)C)oc23)CC1. The third kappa shape index (κ3) is 3.44. The van der Waals surface area contributed by atoms with Gasteiger partial charge in [-0.1, -0.05) is 39.3 Å². The van der Waals surface area contributed by atoms with Crippen molar-refractivity contribution in [2.45, 2.75) is 56.1 Å². The van der Waals surface area contributed by atoms with E-state index in [9.17, 15) is 8.42 Å². The summed E-state index contributed by atoms with van der Waals surface area (Å²) in [7, 11) is -3.58. The molecular weight excluding hydrogens is 360 g/mol. The lowest BCUT2D eigenvalue weighted by Crippen LogP contribution is -2.39. The number of sulfone groups is 1. The van der Waals surface area contributed by atoms with E-state index in [1.54, 1.807) is 12.1 Å². The second kappa shape index (κ2) is 6.56. The summed E-state index contributed by atoms with van der Waals surface area (Å²) in [6.07, 6.45) is 1.23. The van der Waals surface area contributed by atoms with Crippen molar-refractivity contribution in [2.24, 2.45) is 0 Å². The summed E-state index contributed by atoms with van der Waals surface area (Å²) < 4.78 is 32.4. The normalized spacial score (nSPS) is 18.1. The van der Waals surface area contributed by atoms with E-state index in [0.717, 1.165) is 19.6 Å². The lowest BCUT2D eigenvalue weighted by molar-refractivity contribution is 0.241. The first-order chi connectivity index (χ1) is 11.6. The molecular formula is C18H25ClN2O3S. The zero-order chi connectivity index (χ0) is 18.4. The molecule has 1 aromatic carbocycles. The standard InChI is InChI=1S/C18H25ClN2O3S/c1-5-21-10-8-12(9-11-21)25(22,23)16-13(19)6-7-14-15(16)24-17(20-14)18(2,3)4/h6-7,12H,5,8-11H2,1-4H3. The van der Waals surface area contributed by atoms with Crippen LogP contribution in [0, 0.1) is 0 Å². The molecule has 3 rings (SSSR count). The van der Waals surface area contributed by atoms with Crippen molar-refractivity contribution < 1.29 is 12.8 Å². The van der Waals surface area contributed by atoms with E-state index in [0.29, 0.717) is 24.2 Å². The van der Waals surface area contributed by atoms with E-state index in [2.05, 4.69) is 16.8 Å². The highest BCUT2D eigenvalue weighted by Gasteiger charge is 2.35. The number of halogens is 1. The van der Waals surface area contributed by atoms with Gasteiger partial charge in [-0.2, -0.15) is 0 Å². The van der Waals surface area contributed by atoms with Gasteiger partial charge in [-0.05, 0) is 44.6 Å². The maximum absolute atomic E-state index is 13.3. The second-order valence-electron chi connectivity index (χ2n) is 7.67. The van der Waals surface area contributed by atoms with Gasteiger partial charge in [0.2, 0.25) is 5.89 Å². The minimum atomic E-state index is -3.58. The first-order valence-electron chi connectivity index (χ1n) is 8.70. The molecule has 0 spiro atoms. The van der Waals surface area contributed by atoms with Crippen molar-refractivity contribution in [3.05, 3.63) is 23.0 Å². The molecule has 2 aromatic rings. The van der Waals surface area contributed by atoms with Crippen molar-refractivity contribution >= 4 is 32.5 Å².